The number of anilines is 1. The van der Waals surface area contributed by atoms with Crippen LogP contribution in [0.5, 0.6) is 11.5 Å². The molecular formula is C16H18ClNO3. The molecule has 2 aromatic rings. The van der Waals surface area contributed by atoms with Crippen molar-refractivity contribution >= 4 is 17.3 Å². The molecular weight excluding hydrogens is 290 g/mol. The van der Waals surface area contributed by atoms with E-state index in [0.717, 1.165) is 5.56 Å². The smallest absolute Gasteiger partial charge is 0.142 e. The van der Waals surface area contributed by atoms with Gasteiger partial charge in [-0.1, -0.05) is 29.8 Å². The molecule has 1 unspecified atom stereocenters. The fourth-order valence-electron chi connectivity index (χ4n) is 1.76. The second-order valence-corrected chi connectivity index (χ2v) is 5.16. The average molecular weight is 308 g/mol. The van der Waals surface area contributed by atoms with E-state index in [2.05, 4.69) is 0 Å². The molecule has 0 heterocycles. The lowest BCUT2D eigenvalue weighted by Crippen LogP contribution is -2.25. The van der Waals surface area contributed by atoms with Gasteiger partial charge >= 0.3 is 0 Å². The molecule has 0 aliphatic carbocycles. The molecule has 1 atom stereocenters. The number of hydrogen-bond donors (Lipinski definition) is 2. The number of rotatable bonds is 6. The van der Waals surface area contributed by atoms with Crippen molar-refractivity contribution in [3.8, 4) is 11.5 Å². The number of aryl methyl sites for hydroxylation is 1. The van der Waals surface area contributed by atoms with Crippen molar-refractivity contribution in [3.63, 3.8) is 0 Å². The van der Waals surface area contributed by atoms with Gasteiger partial charge in [0.25, 0.3) is 0 Å². The number of para-hydroxylation sites is 2. The molecule has 2 rings (SSSR count). The van der Waals surface area contributed by atoms with E-state index in [9.17, 15) is 5.11 Å². The number of nitrogens with two attached hydrogens (primary N) is 1. The van der Waals surface area contributed by atoms with Gasteiger partial charge in [0.05, 0.1) is 5.69 Å². The van der Waals surface area contributed by atoms with Crippen LogP contribution in [-0.2, 0) is 0 Å². The molecule has 0 aromatic heterocycles. The molecule has 0 aliphatic heterocycles. The maximum Gasteiger partial charge on any atom is 0.142 e. The standard InChI is InChI=1S/C16H18ClNO3/c1-11-6-7-12(17)8-16(11)21-10-13(19)9-20-15-5-3-2-4-14(15)18/h2-8,13,19H,9-10,18H2,1H3. The van der Waals surface area contributed by atoms with Gasteiger partial charge in [0.15, 0.2) is 0 Å². The third-order valence-corrected chi connectivity index (χ3v) is 3.17. The molecule has 0 fully saturated rings. The summed E-state index contributed by atoms with van der Waals surface area (Å²) in [4.78, 5) is 0. The Kier molecular flexibility index (Phi) is 5.31. The predicted octanol–water partition coefficient (Wildman–Crippen LogP) is 3.05. The molecule has 2 aromatic carbocycles. The molecule has 0 saturated carbocycles. The summed E-state index contributed by atoms with van der Waals surface area (Å²) in [6, 6.07) is 12.5. The summed E-state index contributed by atoms with van der Waals surface area (Å²) in [5, 5.41) is 10.5. The number of aliphatic hydroxyl groups is 1. The summed E-state index contributed by atoms with van der Waals surface area (Å²) < 4.78 is 11.0. The van der Waals surface area contributed by atoms with Crippen LogP contribution in [0.2, 0.25) is 5.02 Å². The van der Waals surface area contributed by atoms with Crippen LogP contribution in [0.1, 0.15) is 5.56 Å². The minimum Gasteiger partial charge on any atom is -0.490 e. The second kappa shape index (κ2) is 7.20. The molecule has 112 valence electrons. The van der Waals surface area contributed by atoms with Crippen LogP contribution in [0.15, 0.2) is 42.5 Å². The van der Waals surface area contributed by atoms with E-state index in [1.807, 2.05) is 25.1 Å². The van der Waals surface area contributed by atoms with Crippen molar-refractivity contribution in [2.75, 3.05) is 18.9 Å². The molecule has 0 radical (unpaired) electrons. The van der Waals surface area contributed by atoms with Crippen LogP contribution in [0.4, 0.5) is 5.69 Å². The van der Waals surface area contributed by atoms with Crippen molar-refractivity contribution < 1.29 is 14.6 Å². The van der Waals surface area contributed by atoms with Crippen molar-refractivity contribution in [2.45, 2.75) is 13.0 Å². The van der Waals surface area contributed by atoms with Gasteiger partial charge in [-0.25, -0.2) is 0 Å². The van der Waals surface area contributed by atoms with E-state index in [-0.39, 0.29) is 13.2 Å². The largest absolute Gasteiger partial charge is 0.490 e. The summed E-state index contributed by atoms with van der Waals surface area (Å²) in [6.45, 7) is 2.14. The van der Waals surface area contributed by atoms with Gasteiger partial charge in [0.1, 0.15) is 30.8 Å². The highest BCUT2D eigenvalue weighted by molar-refractivity contribution is 6.30. The van der Waals surface area contributed by atoms with E-state index in [1.165, 1.54) is 0 Å². The highest BCUT2D eigenvalue weighted by Crippen LogP contribution is 2.23. The fourth-order valence-corrected chi connectivity index (χ4v) is 1.92. The zero-order chi connectivity index (χ0) is 15.2. The highest BCUT2D eigenvalue weighted by Gasteiger charge is 2.09. The number of benzene rings is 2. The molecule has 0 spiro atoms. The van der Waals surface area contributed by atoms with Crippen molar-refractivity contribution in [1.29, 1.82) is 0 Å². The number of halogens is 1. The first kappa shape index (κ1) is 15.5. The van der Waals surface area contributed by atoms with Crippen molar-refractivity contribution in [1.82, 2.24) is 0 Å². The topological polar surface area (TPSA) is 64.7 Å². The van der Waals surface area contributed by atoms with Crippen LogP contribution in [-0.4, -0.2) is 24.4 Å². The third-order valence-electron chi connectivity index (χ3n) is 2.93. The quantitative estimate of drug-likeness (QED) is 0.805. The van der Waals surface area contributed by atoms with Gasteiger partial charge in [-0.05, 0) is 36.8 Å². The minimum atomic E-state index is -0.761. The van der Waals surface area contributed by atoms with E-state index in [4.69, 9.17) is 26.8 Å². The van der Waals surface area contributed by atoms with Crippen LogP contribution in [0.25, 0.3) is 0 Å². The number of ether oxygens (including phenoxy) is 2. The molecule has 4 nitrogen and oxygen atoms in total. The van der Waals surface area contributed by atoms with Crippen LogP contribution in [0.3, 0.4) is 0 Å². The second-order valence-electron chi connectivity index (χ2n) is 4.72. The highest BCUT2D eigenvalue weighted by atomic mass is 35.5. The monoisotopic (exact) mass is 307 g/mol. The SMILES string of the molecule is Cc1ccc(Cl)cc1OCC(O)COc1ccccc1N. The Morgan fingerprint density at radius 3 is 2.48 bits per heavy atom. The summed E-state index contributed by atoms with van der Waals surface area (Å²) in [7, 11) is 0. The molecule has 0 saturated heterocycles. The summed E-state index contributed by atoms with van der Waals surface area (Å²) in [5.74, 6) is 1.20. The maximum absolute atomic E-state index is 9.90. The van der Waals surface area contributed by atoms with E-state index in [0.29, 0.717) is 22.2 Å². The molecule has 0 aliphatic rings. The molecule has 5 heteroatoms. The van der Waals surface area contributed by atoms with Gasteiger partial charge in [-0.2, -0.15) is 0 Å². The van der Waals surface area contributed by atoms with Gasteiger partial charge in [0.2, 0.25) is 0 Å². The zero-order valence-corrected chi connectivity index (χ0v) is 12.5. The average Bonchev–Trinajstić information content (AvgIpc) is 2.47. The van der Waals surface area contributed by atoms with E-state index in [1.54, 1.807) is 24.3 Å². The van der Waals surface area contributed by atoms with Crippen LogP contribution in [0, 0.1) is 6.92 Å². The van der Waals surface area contributed by atoms with Crippen LogP contribution < -0.4 is 15.2 Å². The Bertz CT molecular complexity index is 604. The predicted molar refractivity (Wildman–Crippen MR) is 84.0 cm³/mol. The Morgan fingerprint density at radius 2 is 1.76 bits per heavy atom. The summed E-state index contributed by atoms with van der Waals surface area (Å²) in [5.41, 5.74) is 7.25. The van der Waals surface area contributed by atoms with Gasteiger partial charge in [-0.15, -0.1) is 0 Å². The Labute approximate surface area is 129 Å². The Balaban J connectivity index is 1.84. The maximum atomic E-state index is 9.90. The van der Waals surface area contributed by atoms with Crippen molar-refractivity contribution in [2.24, 2.45) is 0 Å². The Hall–Kier alpha value is -1.91. The Morgan fingerprint density at radius 1 is 1.10 bits per heavy atom. The van der Waals surface area contributed by atoms with Crippen LogP contribution >= 0.6 is 11.6 Å². The van der Waals surface area contributed by atoms with E-state index < -0.39 is 6.10 Å². The minimum absolute atomic E-state index is 0.105. The van der Waals surface area contributed by atoms with Gasteiger partial charge in [0, 0.05) is 5.02 Å². The normalized spacial score (nSPS) is 12.0. The molecule has 21 heavy (non-hydrogen) atoms. The third kappa shape index (κ3) is 4.55. The van der Waals surface area contributed by atoms with Gasteiger partial charge < -0.3 is 20.3 Å². The van der Waals surface area contributed by atoms with Crippen molar-refractivity contribution in [3.05, 3.63) is 53.1 Å². The van der Waals surface area contributed by atoms with Gasteiger partial charge in [-0.3, -0.25) is 0 Å². The van der Waals surface area contributed by atoms with E-state index >= 15 is 0 Å². The molecule has 3 N–H and O–H groups in total. The fraction of sp³-hybridized carbons (Fsp3) is 0.250. The lowest BCUT2D eigenvalue weighted by molar-refractivity contribution is 0.0627. The number of hydrogen-bond acceptors (Lipinski definition) is 4. The first-order chi connectivity index (χ1) is 10.1. The molecule has 0 bridgehead atoms. The summed E-state index contributed by atoms with van der Waals surface area (Å²) >= 11 is 5.91. The lowest BCUT2D eigenvalue weighted by Gasteiger charge is -2.15. The lowest BCUT2D eigenvalue weighted by atomic mass is 10.2. The first-order valence-corrected chi connectivity index (χ1v) is 6.98. The zero-order valence-electron chi connectivity index (χ0n) is 11.8. The first-order valence-electron chi connectivity index (χ1n) is 6.60. The number of nitrogen functional groups attached to an aromatic ring is 1. The molecule has 0 amide bonds. The summed E-state index contributed by atoms with van der Waals surface area (Å²) in [6.07, 6.45) is -0.761. The number of aliphatic hydroxyl groups excluding tert-OH is 1.